The van der Waals surface area contributed by atoms with Gasteiger partial charge in [0, 0.05) is 67.5 Å². The standard InChI is InChI=1S/C27H27FN6OS/c1-17(2)34-16-23(22-14-20(8-9-21(22)26(34)35)33-12-10-30-11-13-33)32(3)27-31-25(24(15-29)36-27)18-4-6-19(28)7-5-18/h4-9,14,16-17,30H,10-13H2,1-3H3. The summed E-state index contributed by atoms with van der Waals surface area (Å²) < 4.78 is 15.2. The Labute approximate surface area is 213 Å². The molecule has 5 rings (SSSR count). The van der Waals surface area contributed by atoms with E-state index in [2.05, 4.69) is 22.4 Å². The fourth-order valence-electron chi connectivity index (χ4n) is 4.53. The van der Waals surface area contributed by atoms with Crippen molar-refractivity contribution in [3.63, 3.8) is 0 Å². The van der Waals surface area contributed by atoms with E-state index in [0.717, 1.165) is 42.9 Å². The SMILES string of the molecule is CC(C)n1cc(N(C)c2nc(-c3ccc(F)cc3)c(C#N)s2)c2cc(N3CCNCC3)ccc2c1=O. The molecule has 3 heterocycles. The molecular weight excluding hydrogens is 475 g/mol. The van der Waals surface area contributed by atoms with Gasteiger partial charge in [-0.1, -0.05) is 11.3 Å². The molecule has 0 saturated carbocycles. The first-order chi connectivity index (χ1) is 17.4. The molecule has 0 spiro atoms. The Kier molecular flexibility index (Phi) is 6.48. The fraction of sp³-hybridized carbons (Fsp3) is 0.296. The lowest BCUT2D eigenvalue weighted by Crippen LogP contribution is -2.43. The molecule has 1 aliphatic heterocycles. The van der Waals surface area contributed by atoms with Gasteiger partial charge in [0.25, 0.3) is 5.56 Å². The second-order valence-electron chi connectivity index (χ2n) is 9.14. The quantitative estimate of drug-likeness (QED) is 0.419. The van der Waals surface area contributed by atoms with Crippen LogP contribution in [0.25, 0.3) is 22.0 Å². The van der Waals surface area contributed by atoms with Crippen LogP contribution in [-0.2, 0) is 0 Å². The third kappa shape index (κ3) is 4.34. The maximum absolute atomic E-state index is 13.5. The van der Waals surface area contributed by atoms with Crippen molar-refractivity contribution in [2.75, 3.05) is 43.0 Å². The summed E-state index contributed by atoms with van der Waals surface area (Å²) in [5.41, 5.74) is 3.07. The number of nitrogens with one attached hydrogen (secondary N) is 1. The van der Waals surface area contributed by atoms with Crippen molar-refractivity contribution in [3.05, 3.63) is 69.7 Å². The van der Waals surface area contributed by atoms with E-state index in [1.54, 1.807) is 16.7 Å². The van der Waals surface area contributed by atoms with Gasteiger partial charge in [0.05, 0.1) is 5.69 Å². The van der Waals surface area contributed by atoms with Crippen molar-refractivity contribution in [1.29, 1.82) is 5.26 Å². The maximum atomic E-state index is 13.5. The zero-order chi connectivity index (χ0) is 25.4. The van der Waals surface area contributed by atoms with Gasteiger partial charge < -0.3 is 19.7 Å². The van der Waals surface area contributed by atoms with Crippen LogP contribution in [0, 0.1) is 17.1 Å². The molecule has 0 radical (unpaired) electrons. The minimum Gasteiger partial charge on any atom is -0.369 e. The van der Waals surface area contributed by atoms with E-state index in [1.807, 2.05) is 44.1 Å². The Morgan fingerprint density at radius 2 is 1.86 bits per heavy atom. The van der Waals surface area contributed by atoms with Crippen LogP contribution in [0.5, 0.6) is 0 Å². The molecule has 4 aromatic rings. The summed E-state index contributed by atoms with van der Waals surface area (Å²) in [5.74, 6) is -0.340. The Bertz CT molecular complexity index is 1510. The van der Waals surface area contributed by atoms with Crippen LogP contribution in [0.3, 0.4) is 0 Å². The van der Waals surface area contributed by atoms with Crippen molar-refractivity contribution in [3.8, 4) is 17.3 Å². The van der Waals surface area contributed by atoms with E-state index in [1.165, 1.54) is 23.5 Å². The van der Waals surface area contributed by atoms with Crippen molar-refractivity contribution < 1.29 is 4.39 Å². The first kappa shape index (κ1) is 24.0. The van der Waals surface area contributed by atoms with Gasteiger partial charge in [0.15, 0.2) is 5.13 Å². The molecular formula is C27H27FN6OS. The van der Waals surface area contributed by atoms with Crippen LogP contribution in [0.2, 0.25) is 0 Å². The highest BCUT2D eigenvalue weighted by molar-refractivity contribution is 7.16. The molecule has 2 aromatic carbocycles. The highest BCUT2D eigenvalue weighted by Gasteiger charge is 2.21. The maximum Gasteiger partial charge on any atom is 0.258 e. The van der Waals surface area contributed by atoms with Crippen LogP contribution < -0.4 is 20.7 Å². The topological polar surface area (TPSA) is 77.2 Å². The van der Waals surface area contributed by atoms with E-state index >= 15 is 0 Å². The summed E-state index contributed by atoms with van der Waals surface area (Å²) in [6.07, 6.45) is 1.88. The van der Waals surface area contributed by atoms with Crippen molar-refractivity contribution in [1.82, 2.24) is 14.9 Å². The molecule has 0 bridgehead atoms. The largest absolute Gasteiger partial charge is 0.369 e. The summed E-state index contributed by atoms with van der Waals surface area (Å²) in [7, 11) is 1.90. The number of aromatic nitrogens is 2. The normalized spacial score (nSPS) is 13.8. The van der Waals surface area contributed by atoms with Gasteiger partial charge in [-0.15, -0.1) is 0 Å². The molecule has 1 aliphatic rings. The molecule has 9 heteroatoms. The third-order valence-electron chi connectivity index (χ3n) is 6.53. The smallest absolute Gasteiger partial charge is 0.258 e. The Balaban J connectivity index is 1.66. The van der Waals surface area contributed by atoms with Gasteiger partial charge in [0.2, 0.25) is 0 Å². The molecule has 0 aliphatic carbocycles. The van der Waals surface area contributed by atoms with Crippen LogP contribution in [0.4, 0.5) is 20.9 Å². The molecule has 1 N–H and O–H groups in total. The number of nitrogens with zero attached hydrogens (tertiary/aromatic N) is 5. The number of fused-ring (bicyclic) bond motifs is 1. The summed E-state index contributed by atoms with van der Waals surface area (Å²) in [4.78, 5) is 22.8. The lowest BCUT2D eigenvalue weighted by atomic mass is 10.1. The number of rotatable bonds is 5. The minimum absolute atomic E-state index is 0.0253. The van der Waals surface area contributed by atoms with E-state index in [9.17, 15) is 14.4 Å². The van der Waals surface area contributed by atoms with E-state index < -0.39 is 0 Å². The highest BCUT2D eigenvalue weighted by atomic mass is 32.1. The van der Waals surface area contributed by atoms with Crippen molar-refractivity contribution in [2.24, 2.45) is 0 Å². The summed E-state index contributed by atoms with van der Waals surface area (Å²) >= 11 is 1.27. The van der Waals surface area contributed by atoms with E-state index in [-0.39, 0.29) is 17.4 Å². The molecule has 1 fully saturated rings. The highest BCUT2D eigenvalue weighted by Crippen LogP contribution is 2.38. The first-order valence-electron chi connectivity index (χ1n) is 11.9. The number of hydrogen-bond acceptors (Lipinski definition) is 7. The third-order valence-corrected chi connectivity index (χ3v) is 7.56. The average molecular weight is 503 g/mol. The number of piperazine rings is 1. The van der Waals surface area contributed by atoms with Crippen molar-refractivity contribution in [2.45, 2.75) is 19.9 Å². The van der Waals surface area contributed by atoms with Crippen molar-refractivity contribution >= 4 is 38.6 Å². The second kappa shape index (κ2) is 9.72. The monoisotopic (exact) mass is 502 g/mol. The Morgan fingerprint density at radius 3 is 2.53 bits per heavy atom. The van der Waals surface area contributed by atoms with Crippen LogP contribution in [-0.4, -0.2) is 42.8 Å². The summed E-state index contributed by atoms with van der Waals surface area (Å²) in [6.45, 7) is 7.60. The minimum atomic E-state index is -0.340. The predicted octanol–water partition coefficient (Wildman–Crippen LogP) is 4.89. The van der Waals surface area contributed by atoms with Crippen LogP contribution in [0.1, 0.15) is 24.8 Å². The lowest BCUT2D eigenvalue weighted by Gasteiger charge is -2.30. The van der Waals surface area contributed by atoms with Crippen LogP contribution >= 0.6 is 11.3 Å². The summed E-state index contributed by atoms with van der Waals surface area (Å²) in [5, 5.41) is 15.3. The van der Waals surface area contributed by atoms with Gasteiger partial charge in [-0.2, -0.15) is 5.26 Å². The molecule has 0 atom stereocenters. The predicted molar refractivity (Wildman–Crippen MR) is 144 cm³/mol. The van der Waals surface area contributed by atoms with Gasteiger partial charge in [-0.3, -0.25) is 4.79 Å². The molecule has 184 valence electrons. The molecule has 7 nitrogen and oxygen atoms in total. The number of nitriles is 1. The average Bonchev–Trinajstić information content (AvgIpc) is 3.33. The first-order valence-corrected chi connectivity index (χ1v) is 12.7. The number of benzene rings is 2. The number of halogens is 1. The summed E-state index contributed by atoms with van der Waals surface area (Å²) in [6, 6.07) is 14.2. The molecule has 0 unspecified atom stereocenters. The molecule has 0 amide bonds. The molecule has 36 heavy (non-hydrogen) atoms. The van der Waals surface area contributed by atoms with Crippen LogP contribution in [0.15, 0.2) is 53.5 Å². The zero-order valence-electron chi connectivity index (χ0n) is 20.5. The fourth-order valence-corrected chi connectivity index (χ4v) is 5.40. The van der Waals surface area contributed by atoms with Gasteiger partial charge in [-0.25, -0.2) is 9.37 Å². The van der Waals surface area contributed by atoms with Gasteiger partial charge in [0.1, 0.15) is 22.5 Å². The Hall–Kier alpha value is -3.74. The number of hydrogen-bond donors (Lipinski definition) is 1. The second-order valence-corrected chi connectivity index (χ2v) is 10.1. The zero-order valence-corrected chi connectivity index (χ0v) is 21.3. The van der Waals surface area contributed by atoms with Gasteiger partial charge in [-0.05, 0) is 56.3 Å². The molecule has 2 aromatic heterocycles. The number of anilines is 3. The van der Waals surface area contributed by atoms with E-state index in [4.69, 9.17) is 4.98 Å². The lowest BCUT2D eigenvalue weighted by molar-refractivity contribution is 0.582. The van der Waals surface area contributed by atoms with E-state index in [0.29, 0.717) is 26.7 Å². The molecule has 1 saturated heterocycles. The number of pyridine rings is 1. The number of thiazole rings is 1. The van der Waals surface area contributed by atoms with Gasteiger partial charge >= 0.3 is 0 Å². The Morgan fingerprint density at radius 1 is 1.14 bits per heavy atom.